The van der Waals surface area contributed by atoms with Gasteiger partial charge in [-0.15, -0.1) is 0 Å². The van der Waals surface area contributed by atoms with Crippen LogP contribution >= 0.6 is 0 Å². The van der Waals surface area contributed by atoms with E-state index in [0.717, 1.165) is 45.2 Å². The van der Waals surface area contributed by atoms with Crippen molar-refractivity contribution < 1.29 is 18.6 Å². The molecular weight excluding hydrogens is 300 g/mol. The number of rotatable bonds is 3. The third-order valence-corrected chi connectivity index (χ3v) is 5.55. The van der Waals surface area contributed by atoms with E-state index in [-0.39, 0.29) is 11.8 Å². The van der Waals surface area contributed by atoms with Crippen LogP contribution in [0, 0.1) is 23.5 Å². The Labute approximate surface area is 136 Å². The molecule has 0 amide bonds. The monoisotopic (exact) mass is 325 g/mol. The van der Waals surface area contributed by atoms with Crippen LogP contribution < -0.4 is 0 Å². The number of hydrogen-bond donors (Lipinski definition) is 1. The van der Waals surface area contributed by atoms with Gasteiger partial charge in [0.15, 0.2) is 0 Å². The summed E-state index contributed by atoms with van der Waals surface area (Å²) in [5.74, 6) is -0.631. The first-order chi connectivity index (χ1) is 11.0. The topological polar surface area (TPSA) is 32.7 Å². The van der Waals surface area contributed by atoms with Crippen molar-refractivity contribution >= 4 is 0 Å². The second kappa shape index (κ2) is 6.83. The number of nitrogens with zero attached hydrogens (tertiary/aromatic N) is 1. The van der Waals surface area contributed by atoms with E-state index in [9.17, 15) is 13.9 Å². The van der Waals surface area contributed by atoms with Crippen LogP contribution in [0.25, 0.3) is 0 Å². The number of benzene rings is 1. The van der Waals surface area contributed by atoms with Gasteiger partial charge < -0.3 is 9.84 Å². The molecule has 1 aromatic carbocycles. The summed E-state index contributed by atoms with van der Waals surface area (Å²) in [4.78, 5) is 2.15. The summed E-state index contributed by atoms with van der Waals surface area (Å²) < 4.78 is 32.2. The van der Waals surface area contributed by atoms with Crippen LogP contribution in [0.1, 0.15) is 31.7 Å². The van der Waals surface area contributed by atoms with Crippen LogP contribution in [-0.2, 0) is 11.3 Å². The van der Waals surface area contributed by atoms with Gasteiger partial charge in [-0.2, -0.15) is 0 Å². The van der Waals surface area contributed by atoms with E-state index in [2.05, 4.69) is 11.8 Å². The molecule has 2 aliphatic rings. The van der Waals surface area contributed by atoms with Crippen molar-refractivity contribution in [2.75, 3.05) is 26.3 Å². The van der Waals surface area contributed by atoms with E-state index in [0.29, 0.717) is 18.5 Å². The minimum Gasteiger partial charge on any atom is -0.389 e. The molecule has 0 aromatic heterocycles. The summed E-state index contributed by atoms with van der Waals surface area (Å²) >= 11 is 0. The molecule has 3 rings (SSSR count). The highest BCUT2D eigenvalue weighted by Gasteiger charge is 2.45. The van der Waals surface area contributed by atoms with E-state index in [1.165, 1.54) is 12.1 Å². The number of piperidine rings is 1. The fourth-order valence-electron chi connectivity index (χ4n) is 4.06. The molecule has 2 atom stereocenters. The fourth-order valence-corrected chi connectivity index (χ4v) is 4.06. The van der Waals surface area contributed by atoms with Gasteiger partial charge in [0.1, 0.15) is 11.6 Å². The highest BCUT2D eigenvalue weighted by molar-refractivity contribution is 5.18. The fraction of sp³-hybridized carbons (Fsp3) is 0.667. The van der Waals surface area contributed by atoms with Crippen LogP contribution in [-0.4, -0.2) is 41.9 Å². The van der Waals surface area contributed by atoms with Crippen molar-refractivity contribution in [1.82, 2.24) is 4.90 Å². The lowest BCUT2D eigenvalue weighted by Gasteiger charge is -2.48. The van der Waals surface area contributed by atoms with Crippen molar-refractivity contribution in [2.45, 2.75) is 38.3 Å². The minimum absolute atomic E-state index is 0.128. The lowest BCUT2D eigenvalue weighted by Crippen LogP contribution is -2.55. The third kappa shape index (κ3) is 3.57. The Morgan fingerprint density at radius 2 is 2.04 bits per heavy atom. The summed E-state index contributed by atoms with van der Waals surface area (Å²) in [6, 6.07) is 3.74. The maximum atomic E-state index is 13.8. The molecule has 0 radical (unpaired) electrons. The molecule has 2 fully saturated rings. The Morgan fingerprint density at radius 3 is 2.70 bits per heavy atom. The van der Waals surface area contributed by atoms with Gasteiger partial charge in [-0.3, -0.25) is 4.90 Å². The Hall–Kier alpha value is -1.04. The van der Waals surface area contributed by atoms with Gasteiger partial charge in [-0.05, 0) is 37.2 Å². The Morgan fingerprint density at radius 1 is 1.30 bits per heavy atom. The van der Waals surface area contributed by atoms with Crippen LogP contribution in [0.3, 0.4) is 0 Å². The predicted octanol–water partition coefficient (Wildman–Crippen LogP) is 2.96. The molecule has 128 valence electrons. The first-order valence-electron chi connectivity index (χ1n) is 8.45. The molecule has 0 aliphatic carbocycles. The van der Waals surface area contributed by atoms with Crippen molar-refractivity contribution in [3.63, 3.8) is 0 Å². The molecule has 23 heavy (non-hydrogen) atoms. The van der Waals surface area contributed by atoms with E-state index in [1.807, 2.05) is 0 Å². The summed E-state index contributed by atoms with van der Waals surface area (Å²) in [7, 11) is 0. The van der Waals surface area contributed by atoms with Crippen molar-refractivity contribution in [3.05, 3.63) is 35.4 Å². The molecule has 3 nitrogen and oxygen atoms in total. The second-order valence-corrected chi connectivity index (χ2v) is 7.00. The van der Waals surface area contributed by atoms with Crippen molar-refractivity contribution in [2.24, 2.45) is 11.8 Å². The Balaban J connectivity index is 1.63. The summed E-state index contributed by atoms with van der Waals surface area (Å²) in [6.07, 6.45) is 2.52. The SMILES string of the molecule is C[C@@H]1CN(Cc2ccc(F)cc2F)CC[C@@]1(O)C1CCOCC1. The van der Waals surface area contributed by atoms with Gasteiger partial charge in [0.25, 0.3) is 0 Å². The maximum Gasteiger partial charge on any atom is 0.130 e. The first-order valence-corrected chi connectivity index (χ1v) is 8.45. The largest absolute Gasteiger partial charge is 0.389 e. The van der Waals surface area contributed by atoms with Gasteiger partial charge in [0, 0.05) is 44.5 Å². The maximum absolute atomic E-state index is 13.8. The van der Waals surface area contributed by atoms with Crippen molar-refractivity contribution in [1.29, 1.82) is 0 Å². The number of hydrogen-bond acceptors (Lipinski definition) is 3. The van der Waals surface area contributed by atoms with Gasteiger partial charge in [-0.1, -0.05) is 13.0 Å². The molecule has 0 spiro atoms. The third-order valence-electron chi connectivity index (χ3n) is 5.55. The predicted molar refractivity (Wildman–Crippen MR) is 83.9 cm³/mol. The molecule has 5 heteroatoms. The van der Waals surface area contributed by atoms with Crippen LogP contribution in [0.2, 0.25) is 0 Å². The highest BCUT2D eigenvalue weighted by Crippen LogP contribution is 2.39. The number of halogens is 2. The van der Waals surface area contributed by atoms with Crippen LogP contribution in [0.5, 0.6) is 0 Å². The van der Waals surface area contributed by atoms with Gasteiger partial charge in [-0.25, -0.2) is 8.78 Å². The molecule has 0 saturated carbocycles. The lowest BCUT2D eigenvalue weighted by molar-refractivity contribution is -0.131. The zero-order chi connectivity index (χ0) is 16.4. The average Bonchev–Trinajstić information content (AvgIpc) is 2.54. The number of likely N-dealkylation sites (tertiary alicyclic amines) is 1. The summed E-state index contributed by atoms with van der Waals surface area (Å²) in [5, 5.41) is 11.1. The van der Waals surface area contributed by atoms with E-state index < -0.39 is 17.2 Å². The molecule has 0 bridgehead atoms. The average molecular weight is 325 g/mol. The zero-order valence-electron chi connectivity index (χ0n) is 13.6. The van der Waals surface area contributed by atoms with Crippen LogP contribution in [0.15, 0.2) is 18.2 Å². The smallest absolute Gasteiger partial charge is 0.130 e. The molecule has 0 unspecified atom stereocenters. The summed E-state index contributed by atoms with van der Waals surface area (Å²) in [5.41, 5.74) is -0.142. The quantitative estimate of drug-likeness (QED) is 0.927. The Bertz CT molecular complexity index is 548. The van der Waals surface area contributed by atoms with Crippen molar-refractivity contribution in [3.8, 4) is 0 Å². The summed E-state index contributed by atoms with van der Waals surface area (Å²) in [6.45, 7) is 5.44. The standard InChI is InChI=1S/C18H25F2NO2/c1-13-11-21(12-14-2-3-16(19)10-17(14)20)7-6-18(13,22)15-4-8-23-9-5-15/h2-3,10,13,15,22H,4-9,11-12H2,1H3/t13-,18+/m1/s1. The minimum atomic E-state index is -0.651. The van der Waals surface area contributed by atoms with Gasteiger partial charge >= 0.3 is 0 Å². The molecule has 1 aromatic rings. The molecular formula is C18H25F2NO2. The van der Waals surface area contributed by atoms with Gasteiger partial charge in [0.2, 0.25) is 0 Å². The normalized spacial score (nSPS) is 30.5. The van der Waals surface area contributed by atoms with Gasteiger partial charge in [0.05, 0.1) is 5.60 Å². The second-order valence-electron chi connectivity index (χ2n) is 7.00. The Kier molecular flexibility index (Phi) is 4.99. The number of aliphatic hydroxyl groups is 1. The molecule has 2 heterocycles. The zero-order valence-corrected chi connectivity index (χ0v) is 13.6. The molecule has 2 saturated heterocycles. The lowest BCUT2D eigenvalue weighted by atomic mass is 9.70. The van der Waals surface area contributed by atoms with Crippen LogP contribution in [0.4, 0.5) is 8.78 Å². The molecule has 2 aliphatic heterocycles. The molecule has 1 N–H and O–H groups in total. The van der Waals surface area contributed by atoms with E-state index in [4.69, 9.17) is 4.74 Å². The van der Waals surface area contributed by atoms with E-state index >= 15 is 0 Å². The highest BCUT2D eigenvalue weighted by atomic mass is 19.1. The van der Waals surface area contributed by atoms with E-state index in [1.54, 1.807) is 0 Å². The first kappa shape index (κ1) is 16.8. The number of ether oxygens (including phenoxy) is 1.